The maximum Gasteiger partial charge on any atom is 0.0435 e. The van der Waals surface area contributed by atoms with Gasteiger partial charge in [-0.05, 0) is 37.5 Å². The van der Waals surface area contributed by atoms with E-state index in [2.05, 4.69) is 25.7 Å². The average molecular weight is 224 g/mol. The first-order chi connectivity index (χ1) is 7.55. The van der Waals surface area contributed by atoms with Crippen LogP contribution in [0.25, 0.3) is 0 Å². The molecule has 16 heavy (non-hydrogen) atoms. The van der Waals surface area contributed by atoms with Crippen molar-refractivity contribution in [1.82, 2.24) is 4.90 Å². The number of rotatable bonds is 3. The molecule has 2 nitrogen and oxygen atoms in total. The van der Waals surface area contributed by atoms with Crippen molar-refractivity contribution in [3.8, 4) is 0 Å². The Morgan fingerprint density at radius 1 is 1.19 bits per heavy atom. The van der Waals surface area contributed by atoms with Gasteiger partial charge in [-0.15, -0.1) is 0 Å². The predicted octanol–water partition coefficient (Wildman–Crippen LogP) is 2.62. The van der Waals surface area contributed by atoms with Gasteiger partial charge in [0.15, 0.2) is 0 Å². The second-order valence-corrected chi connectivity index (χ2v) is 6.38. The lowest BCUT2D eigenvalue weighted by Crippen LogP contribution is -2.72. The van der Waals surface area contributed by atoms with Crippen LogP contribution in [0.1, 0.15) is 52.9 Å². The summed E-state index contributed by atoms with van der Waals surface area (Å²) >= 11 is 0. The van der Waals surface area contributed by atoms with Crippen LogP contribution >= 0.6 is 0 Å². The fourth-order valence-electron chi connectivity index (χ4n) is 3.25. The van der Waals surface area contributed by atoms with E-state index in [0.29, 0.717) is 5.92 Å². The Morgan fingerprint density at radius 2 is 1.75 bits per heavy atom. The van der Waals surface area contributed by atoms with Crippen LogP contribution in [0.2, 0.25) is 0 Å². The van der Waals surface area contributed by atoms with Gasteiger partial charge < -0.3 is 5.73 Å². The topological polar surface area (TPSA) is 29.3 Å². The molecule has 1 aliphatic carbocycles. The van der Waals surface area contributed by atoms with Crippen molar-refractivity contribution in [2.45, 2.75) is 64.5 Å². The molecule has 0 radical (unpaired) electrons. The van der Waals surface area contributed by atoms with Crippen LogP contribution in [0, 0.1) is 11.8 Å². The van der Waals surface area contributed by atoms with E-state index in [1.54, 1.807) is 0 Å². The molecule has 1 heterocycles. The van der Waals surface area contributed by atoms with E-state index in [0.717, 1.165) is 25.0 Å². The highest BCUT2D eigenvalue weighted by Crippen LogP contribution is 2.35. The Labute approximate surface area is 101 Å². The molecule has 2 fully saturated rings. The van der Waals surface area contributed by atoms with Crippen molar-refractivity contribution in [3.05, 3.63) is 0 Å². The van der Waals surface area contributed by atoms with Crippen LogP contribution in [0.4, 0.5) is 0 Å². The summed E-state index contributed by atoms with van der Waals surface area (Å²) in [6.07, 6.45) is 7.08. The molecule has 0 spiro atoms. The number of nitrogens with zero attached hydrogens (tertiary/aromatic N) is 1. The van der Waals surface area contributed by atoms with Gasteiger partial charge in [-0.2, -0.15) is 0 Å². The van der Waals surface area contributed by atoms with E-state index < -0.39 is 0 Å². The lowest BCUT2D eigenvalue weighted by Gasteiger charge is -2.54. The lowest BCUT2D eigenvalue weighted by atomic mass is 9.76. The van der Waals surface area contributed by atoms with Gasteiger partial charge in [-0.25, -0.2) is 0 Å². The standard InChI is InChI=1S/C14H28N2/c1-4-12-5-7-13(8-6-12)16-9-14(15,10-16)11(2)3/h11-13H,4-10,15H2,1-3H3. The average Bonchev–Trinajstić information content (AvgIpc) is 2.25. The highest BCUT2D eigenvalue weighted by atomic mass is 15.3. The predicted molar refractivity (Wildman–Crippen MR) is 69.4 cm³/mol. The minimum absolute atomic E-state index is 0.113. The summed E-state index contributed by atoms with van der Waals surface area (Å²) < 4.78 is 0. The van der Waals surface area contributed by atoms with Crippen LogP contribution < -0.4 is 5.73 Å². The Balaban J connectivity index is 1.77. The molecule has 0 unspecified atom stereocenters. The van der Waals surface area contributed by atoms with Crippen LogP contribution in [0.5, 0.6) is 0 Å². The van der Waals surface area contributed by atoms with Gasteiger partial charge in [-0.1, -0.05) is 27.2 Å². The maximum atomic E-state index is 6.35. The van der Waals surface area contributed by atoms with Gasteiger partial charge in [0.1, 0.15) is 0 Å². The zero-order valence-corrected chi connectivity index (χ0v) is 11.2. The summed E-state index contributed by atoms with van der Waals surface area (Å²) in [5.41, 5.74) is 6.47. The molecule has 1 saturated carbocycles. The summed E-state index contributed by atoms with van der Waals surface area (Å²) in [7, 11) is 0. The van der Waals surface area contributed by atoms with E-state index in [4.69, 9.17) is 5.73 Å². The number of nitrogens with two attached hydrogens (primary N) is 1. The van der Waals surface area contributed by atoms with Gasteiger partial charge in [0.2, 0.25) is 0 Å². The Bertz CT molecular complexity index is 223. The molecule has 2 aliphatic rings. The van der Waals surface area contributed by atoms with Gasteiger partial charge in [0, 0.05) is 24.7 Å². The molecule has 2 rings (SSSR count). The number of likely N-dealkylation sites (tertiary alicyclic amines) is 1. The first-order valence-corrected chi connectivity index (χ1v) is 7.08. The van der Waals surface area contributed by atoms with E-state index >= 15 is 0 Å². The lowest BCUT2D eigenvalue weighted by molar-refractivity contribution is -0.0139. The zero-order chi connectivity index (χ0) is 11.8. The molecule has 0 aromatic heterocycles. The summed E-state index contributed by atoms with van der Waals surface area (Å²) in [5, 5.41) is 0. The molecule has 2 heteroatoms. The molecular weight excluding hydrogens is 196 g/mol. The molecule has 0 atom stereocenters. The quantitative estimate of drug-likeness (QED) is 0.798. The third kappa shape index (κ3) is 2.28. The second-order valence-electron chi connectivity index (χ2n) is 6.38. The maximum absolute atomic E-state index is 6.35. The number of hydrogen-bond acceptors (Lipinski definition) is 2. The van der Waals surface area contributed by atoms with Crippen molar-refractivity contribution in [2.75, 3.05) is 13.1 Å². The van der Waals surface area contributed by atoms with Crippen molar-refractivity contribution >= 4 is 0 Å². The minimum atomic E-state index is 0.113. The molecular formula is C14H28N2. The largest absolute Gasteiger partial charge is 0.323 e. The second kappa shape index (κ2) is 4.66. The SMILES string of the molecule is CCC1CCC(N2CC(N)(C(C)C)C2)CC1. The van der Waals surface area contributed by atoms with Crippen molar-refractivity contribution in [2.24, 2.45) is 17.6 Å². The molecule has 1 saturated heterocycles. The number of hydrogen-bond donors (Lipinski definition) is 1. The first-order valence-electron chi connectivity index (χ1n) is 7.08. The van der Waals surface area contributed by atoms with Gasteiger partial charge in [0.25, 0.3) is 0 Å². The van der Waals surface area contributed by atoms with E-state index in [1.165, 1.54) is 32.1 Å². The van der Waals surface area contributed by atoms with Crippen LogP contribution in [-0.4, -0.2) is 29.6 Å². The molecule has 0 amide bonds. The van der Waals surface area contributed by atoms with Crippen LogP contribution in [0.3, 0.4) is 0 Å². The third-order valence-corrected chi connectivity index (χ3v) is 5.05. The van der Waals surface area contributed by atoms with Crippen molar-refractivity contribution in [1.29, 1.82) is 0 Å². The smallest absolute Gasteiger partial charge is 0.0435 e. The summed E-state index contributed by atoms with van der Waals surface area (Å²) in [6, 6.07) is 0.846. The van der Waals surface area contributed by atoms with Crippen molar-refractivity contribution in [3.63, 3.8) is 0 Å². The monoisotopic (exact) mass is 224 g/mol. The molecule has 1 aliphatic heterocycles. The minimum Gasteiger partial charge on any atom is -0.323 e. The van der Waals surface area contributed by atoms with Crippen LogP contribution in [-0.2, 0) is 0 Å². The van der Waals surface area contributed by atoms with Gasteiger partial charge in [-0.3, -0.25) is 4.90 Å². The van der Waals surface area contributed by atoms with E-state index in [-0.39, 0.29) is 5.54 Å². The van der Waals surface area contributed by atoms with E-state index in [1.807, 2.05) is 0 Å². The van der Waals surface area contributed by atoms with Gasteiger partial charge >= 0.3 is 0 Å². The molecule has 0 aromatic carbocycles. The molecule has 0 aromatic rings. The highest BCUT2D eigenvalue weighted by molar-refractivity contribution is 5.04. The highest BCUT2D eigenvalue weighted by Gasteiger charge is 2.44. The fraction of sp³-hybridized carbons (Fsp3) is 1.00. The summed E-state index contributed by atoms with van der Waals surface area (Å²) in [5.74, 6) is 1.63. The van der Waals surface area contributed by atoms with Gasteiger partial charge in [0.05, 0.1) is 0 Å². The summed E-state index contributed by atoms with van der Waals surface area (Å²) in [4.78, 5) is 2.63. The van der Waals surface area contributed by atoms with Crippen molar-refractivity contribution < 1.29 is 0 Å². The molecule has 0 bridgehead atoms. The Hall–Kier alpha value is -0.0800. The third-order valence-electron chi connectivity index (χ3n) is 5.05. The fourth-order valence-corrected chi connectivity index (χ4v) is 3.25. The molecule has 2 N–H and O–H groups in total. The Kier molecular flexibility index (Phi) is 3.60. The van der Waals surface area contributed by atoms with Crippen LogP contribution in [0.15, 0.2) is 0 Å². The molecule has 94 valence electrons. The first kappa shape index (κ1) is 12.4. The Morgan fingerprint density at radius 3 is 2.19 bits per heavy atom. The summed E-state index contributed by atoms with van der Waals surface area (Å²) in [6.45, 7) is 9.10. The zero-order valence-electron chi connectivity index (χ0n) is 11.2. The normalized spacial score (nSPS) is 35.1. The van der Waals surface area contributed by atoms with E-state index in [9.17, 15) is 0 Å².